The molecule has 2 atom stereocenters. The van der Waals surface area contributed by atoms with Gasteiger partial charge in [0.1, 0.15) is 0 Å². The fourth-order valence-corrected chi connectivity index (χ4v) is 40.9. The van der Waals surface area contributed by atoms with Gasteiger partial charge in [-0.05, 0) is 0 Å². The Hall–Kier alpha value is -5.08. The third-order valence-corrected chi connectivity index (χ3v) is 38.3. The van der Waals surface area contributed by atoms with Gasteiger partial charge in [0.05, 0.1) is 0 Å². The molecule has 3 aliphatic rings. The molecular formula is C64H59Cl2SiZr. The van der Waals surface area contributed by atoms with Crippen molar-refractivity contribution in [3.8, 4) is 55.6 Å². The van der Waals surface area contributed by atoms with Crippen LogP contribution in [0.25, 0.3) is 67.8 Å². The Labute approximate surface area is 414 Å². The Balaban J connectivity index is 1.27. The summed E-state index contributed by atoms with van der Waals surface area (Å²) in [6.45, 7) is 14.1. The second-order valence-corrected chi connectivity index (χ2v) is 42.4. The predicted octanol–water partition coefficient (Wildman–Crippen LogP) is 15.8. The summed E-state index contributed by atoms with van der Waals surface area (Å²) in [5.74, 6) is 0.386. The standard InChI is InChI=1S/2C26H25.C12H9Si.2ClH.Zr/c2*1-4-19-10-8-9-13-23(19)26-24(20-11-6-5-7-12-20)15-14-21-16-22(18(2)3)17-25(21)26;1-3-7-11-9(5-1)10-6-2-4-8-12(10)13-11;;;/h2*5-18H,4H2,1-3H3;1-7H,13H2;2*1H;/q;;;;;+2/p-2. The van der Waals surface area contributed by atoms with Crippen molar-refractivity contribution in [2.24, 2.45) is 11.8 Å². The van der Waals surface area contributed by atoms with Crippen LogP contribution in [0.3, 0.4) is 0 Å². The zero-order chi connectivity index (χ0) is 46.9. The first-order chi connectivity index (χ1) is 33.0. The van der Waals surface area contributed by atoms with E-state index in [1.54, 1.807) is 0 Å². The molecule has 0 fully saturated rings. The first-order valence-corrected chi connectivity index (χ1v) is 36.7. The van der Waals surface area contributed by atoms with E-state index in [-0.39, 0.29) is 19.1 Å². The quantitative estimate of drug-likeness (QED) is 0.113. The summed E-state index contributed by atoms with van der Waals surface area (Å²) >= 11 is -5.88. The van der Waals surface area contributed by atoms with E-state index in [4.69, 9.17) is 0 Å². The summed E-state index contributed by atoms with van der Waals surface area (Å²) in [6, 6.07) is 65.8. The van der Waals surface area contributed by atoms with Crippen LogP contribution in [-0.4, -0.2) is 9.52 Å². The van der Waals surface area contributed by atoms with Crippen LogP contribution in [0.15, 0.2) is 187 Å². The zero-order valence-electron chi connectivity index (χ0n) is 40.1. The molecule has 0 aromatic heterocycles. The number of hydrogen-bond donors (Lipinski definition) is 0. The van der Waals surface area contributed by atoms with Gasteiger partial charge >= 0.3 is 418 Å². The molecule has 8 aromatic carbocycles. The van der Waals surface area contributed by atoms with Gasteiger partial charge < -0.3 is 0 Å². The Morgan fingerprint density at radius 1 is 0.441 bits per heavy atom. The van der Waals surface area contributed by atoms with E-state index in [2.05, 4.69) is 230 Å². The maximum absolute atomic E-state index is 9.64. The van der Waals surface area contributed by atoms with Gasteiger partial charge in [-0.2, -0.15) is 0 Å². The summed E-state index contributed by atoms with van der Waals surface area (Å²) in [5.41, 5.74) is 23.3. The number of hydrogen-bond acceptors (Lipinski definition) is 0. The molecule has 0 bridgehead atoms. The third-order valence-electron chi connectivity index (χ3n) is 15.7. The minimum absolute atomic E-state index is 0.186. The zero-order valence-corrected chi connectivity index (χ0v) is 45.5. The van der Waals surface area contributed by atoms with Crippen molar-refractivity contribution in [2.45, 2.75) is 61.6 Å². The molecule has 11 rings (SSSR count). The molecule has 0 spiro atoms. The Morgan fingerprint density at radius 3 is 1.34 bits per heavy atom. The van der Waals surface area contributed by atoms with Crippen molar-refractivity contribution < 1.29 is 16.4 Å². The maximum atomic E-state index is 9.64. The molecule has 0 radical (unpaired) electrons. The van der Waals surface area contributed by atoms with Crippen molar-refractivity contribution in [3.63, 3.8) is 0 Å². The number of allylic oxidation sites excluding steroid dienone is 2. The van der Waals surface area contributed by atoms with Gasteiger partial charge in [-0.1, -0.05) is 0 Å². The Morgan fingerprint density at radius 2 is 0.868 bits per heavy atom. The summed E-state index contributed by atoms with van der Waals surface area (Å²) in [6.07, 6.45) is 6.99. The van der Waals surface area contributed by atoms with Crippen LogP contribution in [0, 0.1) is 11.8 Å². The van der Waals surface area contributed by atoms with E-state index in [0.717, 1.165) is 12.8 Å². The Kier molecular flexibility index (Phi) is 11.8. The van der Waals surface area contributed by atoms with Gasteiger partial charge in [0.15, 0.2) is 0 Å². The number of rotatable bonds is 11. The summed E-state index contributed by atoms with van der Waals surface area (Å²) in [4.78, 5) is 0. The van der Waals surface area contributed by atoms with Crippen molar-refractivity contribution in [1.29, 1.82) is 0 Å². The fourth-order valence-electron chi connectivity index (χ4n) is 12.7. The van der Waals surface area contributed by atoms with E-state index in [1.165, 1.54) is 114 Å². The van der Waals surface area contributed by atoms with Crippen molar-refractivity contribution in [1.82, 2.24) is 0 Å². The predicted molar refractivity (Wildman–Crippen MR) is 296 cm³/mol. The summed E-state index contributed by atoms with van der Waals surface area (Å²) in [5, 5.41) is 2.93. The van der Waals surface area contributed by atoms with Gasteiger partial charge in [0.2, 0.25) is 0 Å². The van der Waals surface area contributed by atoms with Crippen LogP contribution in [0.5, 0.6) is 0 Å². The van der Waals surface area contributed by atoms with Crippen LogP contribution in [-0.2, 0) is 29.2 Å². The van der Waals surface area contributed by atoms with E-state index >= 15 is 0 Å². The summed E-state index contributed by atoms with van der Waals surface area (Å²) < 4.78 is 0.901. The first kappa shape index (κ1) is 45.4. The molecule has 2 unspecified atom stereocenters. The average Bonchev–Trinajstić information content (AvgIpc) is 4.10. The molecule has 1 heterocycles. The molecule has 1 aliphatic heterocycles. The van der Waals surface area contributed by atoms with Gasteiger partial charge in [0, 0.05) is 0 Å². The molecule has 68 heavy (non-hydrogen) atoms. The molecular weight excluding hydrogens is 959 g/mol. The second kappa shape index (κ2) is 17.7. The molecule has 2 aliphatic carbocycles. The monoisotopic (exact) mass is 1020 g/mol. The van der Waals surface area contributed by atoms with Gasteiger partial charge in [-0.25, -0.2) is 0 Å². The van der Waals surface area contributed by atoms with E-state index in [0.29, 0.717) is 0 Å². The molecule has 0 amide bonds. The van der Waals surface area contributed by atoms with Crippen molar-refractivity contribution in [2.75, 3.05) is 0 Å². The van der Waals surface area contributed by atoms with Crippen molar-refractivity contribution in [3.05, 3.63) is 220 Å². The average molecular weight is 1020 g/mol. The van der Waals surface area contributed by atoms with E-state index < -0.39 is 25.9 Å². The Bertz CT molecular complexity index is 3170. The van der Waals surface area contributed by atoms with Gasteiger partial charge in [0.25, 0.3) is 0 Å². The van der Waals surface area contributed by atoms with Crippen LogP contribution in [0.2, 0.25) is 0 Å². The molecule has 8 aromatic rings. The number of benzene rings is 8. The summed E-state index contributed by atoms with van der Waals surface area (Å²) in [7, 11) is 18.3. The molecule has 0 N–H and O–H groups in total. The first-order valence-electron chi connectivity index (χ1n) is 24.8. The molecule has 0 nitrogen and oxygen atoms in total. The number of fused-ring (bicyclic) bond motifs is 5. The topological polar surface area (TPSA) is 0 Å². The van der Waals surface area contributed by atoms with Crippen LogP contribution >= 0.6 is 17.0 Å². The fraction of sp³-hybridized carbons (Fsp3) is 0.188. The SMILES string of the molecule is CCc1ccccc1-c1c(-c2ccccc2)ccc2c1C=C(C(C)C)[CH]2[Zr]([Cl])([Cl])([c]1cccc2c1[SiH2]c1ccccc1-2)[CH]1C(C(C)C)=Cc2c1ccc(-c1ccccc1)c2-c1ccccc1CC. The molecule has 4 heteroatoms. The van der Waals surface area contributed by atoms with Gasteiger partial charge in [-0.15, -0.1) is 0 Å². The number of halogens is 2. The number of aryl methyl sites for hydroxylation is 2. The van der Waals surface area contributed by atoms with Crippen LogP contribution < -0.4 is 13.6 Å². The van der Waals surface area contributed by atoms with Crippen LogP contribution in [0.1, 0.15) is 82.2 Å². The molecule has 337 valence electrons. The van der Waals surface area contributed by atoms with Gasteiger partial charge in [-0.3, -0.25) is 0 Å². The second-order valence-electron chi connectivity index (χ2n) is 20.0. The molecule has 0 saturated carbocycles. The normalized spacial score (nSPS) is 16.8. The van der Waals surface area contributed by atoms with E-state index in [9.17, 15) is 17.0 Å². The van der Waals surface area contributed by atoms with E-state index in [1.807, 2.05) is 0 Å². The van der Waals surface area contributed by atoms with Crippen LogP contribution in [0.4, 0.5) is 0 Å². The molecule has 0 saturated heterocycles. The minimum atomic E-state index is -5.88. The van der Waals surface area contributed by atoms with Crippen molar-refractivity contribution >= 4 is 52.3 Å². The third kappa shape index (κ3) is 7.07.